The third-order valence-electron chi connectivity index (χ3n) is 6.35. The summed E-state index contributed by atoms with van der Waals surface area (Å²) in [6, 6.07) is 8.57. The fraction of sp³-hybridized carbons (Fsp3) is 0.240. The molecule has 0 spiro atoms. The van der Waals surface area contributed by atoms with Gasteiger partial charge in [-0.15, -0.1) is 11.3 Å². The number of anilines is 1. The van der Waals surface area contributed by atoms with E-state index in [1.54, 1.807) is 12.1 Å². The zero-order valence-electron chi connectivity index (χ0n) is 18.6. The number of hydrogen-bond acceptors (Lipinski definition) is 7. The standard InChI is InChI=1S/C25H17ClFN3O5S/c26-21-19(13-1-3-17(27)23-20(13)14(7-28)24(36-23)30-25(31)32)16-10-34-9-15(16)12-2-4-18(29-22(12)21)35-11-5-6-33-8-11/h1-4,11,30H,5-6,8-10H2,(H,31,32)/t11-/m0/s1. The van der Waals surface area contributed by atoms with Crippen LogP contribution in [0.25, 0.3) is 32.1 Å². The molecule has 6 rings (SSSR count). The molecule has 0 saturated carbocycles. The van der Waals surface area contributed by atoms with Crippen molar-refractivity contribution in [2.24, 2.45) is 0 Å². The summed E-state index contributed by atoms with van der Waals surface area (Å²) in [5.41, 5.74) is 3.34. The lowest BCUT2D eigenvalue weighted by Crippen LogP contribution is -2.16. The van der Waals surface area contributed by atoms with Gasteiger partial charge in [0.05, 0.1) is 47.2 Å². The van der Waals surface area contributed by atoms with Gasteiger partial charge in [-0.05, 0) is 28.8 Å². The number of rotatable bonds is 4. The minimum Gasteiger partial charge on any atom is -0.472 e. The fourth-order valence-electron chi connectivity index (χ4n) is 4.79. The number of nitriles is 1. The van der Waals surface area contributed by atoms with Crippen LogP contribution in [-0.4, -0.2) is 35.5 Å². The van der Waals surface area contributed by atoms with E-state index in [9.17, 15) is 19.6 Å². The van der Waals surface area contributed by atoms with Crippen molar-refractivity contribution in [1.29, 1.82) is 5.26 Å². The molecule has 1 amide bonds. The van der Waals surface area contributed by atoms with E-state index in [0.717, 1.165) is 34.3 Å². The Morgan fingerprint density at radius 1 is 1.28 bits per heavy atom. The summed E-state index contributed by atoms with van der Waals surface area (Å²) < 4.78 is 32.1. The quantitative estimate of drug-likeness (QED) is 0.332. The van der Waals surface area contributed by atoms with E-state index in [1.165, 1.54) is 6.07 Å². The molecule has 0 radical (unpaired) electrons. The van der Waals surface area contributed by atoms with Crippen LogP contribution in [-0.2, 0) is 22.7 Å². The summed E-state index contributed by atoms with van der Waals surface area (Å²) in [7, 11) is 0. The third-order valence-corrected chi connectivity index (χ3v) is 7.83. The Morgan fingerprint density at radius 3 is 2.86 bits per heavy atom. The maximum atomic E-state index is 14.9. The molecule has 4 aromatic rings. The Morgan fingerprint density at radius 2 is 2.11 bits per heavy atom. The van der Waals surface area contributed by atoms with Crippen LogP contribution in [0.3, 0.4) is 0 Å². The maximum Gasteiger partial charge on any atom is 0.409 e. The van der Waals surface area contributed by atoms with Crippen molar-refractivity contribution in [2.45, 2.75) is 25.7 Å². The number of aromatic nitrogens is 1. The topological polar surface area (TPSA) is 114 Å². The summed E-state index contributed by atoms with van der Waals surface area (Å²) >= 11 is 7.86. The molecule has 2 aromatic heterocycles. The number of nitrogens with one attached hydrogen (secondary N) is 1. The summed E-state index contributed by atoms with van der Waals surface area (Å²) in [5, 5.41) is 22.8. The lowest BCUT2D eigenvalue weighted by atomic mass is 9.91. The molecular formula is C25H17ClFN3O5S. The predicted octanol–water partition coefficient (Wildman–Crippen LogP) is 6.07. The molecule has 0 unspecified atom stereocenters. The number of nitrogens with zero attached hydrogens (tertiary/aromatic N) is 2. The molecule has 0 bridgehead atoms. The highest BCUT2D eigenvalue weighted by Gasteiger charge is 2.29. The highest BCUT2D eigenvalue weighted by atomic mass is 35.5. The van der Waals surface area contributed by atoms with E-state index in [2.05, 4.69) is 5.32 Å². The van der Waals surface area contributed by atoms with Gasteiger partial charge in [0, 0.05) is 28.8 Å². The molecule has 2 aromatic carbocycles. The van der Waals surface area contributed by atoms with E-state index in [0.29, 0.717) is 47.4 Å². The first-order valence-electron chi connectivity index (χ1n) is 11.1. The monoisotopic (exact) mass is 525 g/mol. The molecule has 8 nitrogen and oxygen atoms in total. The van der Waals surface area contributed by atoms with Gasteiger partial charge >= 0.3 is 6.09 Å². The minimum atomic E-state index is -1.34. The minimum absolute atomic E-state index is 0.0296. The van der Waals surface area contributed by atoms with Gasteiger partial charge in [-0.2, -0.15) is 5.26 Å². The number of amides is 1. The largest absolute Gasteiger partial charge is 0.472 e. The lowest BCUT2D eigenvalue weighted by molar-refractivity contribution is 0.135. The zero-order valence-corrected chi connectivity index (χ0v) is 20.1. The molecule has 2 aliphatic heterocycles. The molecular weight excluding hydrogens is 509 g/mol. The lowest BCUT2D eigenvalue weighted by Gasteiger charge is -2.17. The summed E-state index contributed by atoms with van der Waals surface area (Å²) in [5.74, 6) is -0.152. The van der Waals surface area contributed by atoms with E-state index >= 15 is 0 Å². The Labute approximate surface area is 212 Å². The van der Waals surface area contributed by atoms with Gasteiger partial charge in [-0.25, -0.2) is 14.2 Å². The first-order valence-corrected chi connectivity index (χ1v) is 12.3. The van der Waals surface area contributed by atoms with Crippen LogP contribution >= 0.6 is 22.9 Å². The Bertz CT molecular complexity index is 1610. The number of carboxylic acid groups (broad SMARTS) is 1. The Hall–Kier alpha value is -3.49. The van der Waals surface area contributed by atoms with Gasteiger partial charge in [0.2, 0.25) is 5.88 Å². The van der Waals surface area contributed by atoms with Gasteiger partial charge in [0.25, 0.3) is 0 Å². The summed E-state index contributed by atoms with van der Waals surface area (Å²) in [4.78, 5) is 16.0. The van der Waals surface area contributed by atoms with Crippen molar-refractivity contribution >= 4 is 55.0 Å². The molecule has 4 heterocycles. The second-order valence-electron chi connectivity index (χ2n) is 8.44. The van der Waals surface area contributed by atoms with E-state index in [-0.39, 0.29) is 33.4 Å². The predicted molar refractivity (Wildman–Crippen MR) is 132 cm³/mol. The molecule has 0 aliphatic carbocycles. The van der Waals surface area contributed by atoms with Crippen LogP contribution < -0.4 is 10.1 Å². The Balaban J connectivity index is 1.61. The van der Waals surface area contributed by atoms with Crippen molar-refractivity contribution in [3.05, 3.63) is 51.8 Å². The van der Waals surface area contributed by atoms with Gasteiger partial charge in [-0.3, -0.25) is 5.32 Å². The molecule has 2 aliphatic rings. The number of thiophene rings is 1. The van der Waals surface area contributed by atoms with Crippen molar-refractivity contribution < 1.29 is 28.5 Å². The second kappa shape index (κ2) is 8.87. The normalized spacial score (nSPS) is 16.9. The van der Waals surface area contributed by atoms with Crippen LogP contribution in [0.15, 0.2) is 24.3 Å². The van der Waals surface area contributed by atoms with Gasteiger partial charge < -0.3 is 19.3 Å². The zero-order chi connectivity index (χ0) is 25.0. The number of ether oxygens (including phenoxy) is 3. The molecule has 11 heteroatoms. The first-order chi connectivity index (χ1) is 17.5. The van der Waals surface area contributed by atoms with E-state index in [1.807, 2.05) is 12.1 Å². The maximum absolute atomic E-state index is 14.9. The number of benzene rings is 2. The highest BCUT2D eigenvalue weighted by Crippen LogP contribution is 2.48. The average Bonchev–Trinajstić information content (AvgIpc) is 3.61. The molecule has 36 heavy (non-hydrogen) atoms. The van der Waals surface area contributed by atoms with E-state index in [4.69, 9.17) is 30.8 Å². The molecule has 182 valence electrons. The van der Waals surface area contributed by atoms with Gasteiger partial charge in [-0.1, -0.05) is 17.7 Å². The summed E-state index contributed by atoms with van der Waals surface area (Å²) in [6.45, 7) is 1.75. The van der Waals surface area contributed by atoms with Gasteiger partial charge in [0.1, 0.15) is 23.0 Å². The molecule has 1 saturated heterocycles. The number of carbonyl (C=O) groups is 1. The SMILES string of the molecule is N#Cc1c(NC(=O)O)sc2c(F)ccc(-c3c4c(c5ccc(O[C@H]6CCOC6)nc5c3Cl)COC4)c12. The summed E-state index contributed by atoms with van der Waals surface area (Å²) in [6.07, 6.45) is -0.666. The molecule has 2 N–H and O–H groups in total. The van der Waals surface area contributed by atoms with E-state index < -0.39 is 11.9 Å². The number of pyridine rings is 1. The molecule has 1 atom stereocenters. The first kappa shape index (κ1) is 22.9. The van der Waals surface area contributed by atoms with Crippen LogP contribution in [0.4, 0.5) is 14.2 Å². The van der Waals surface area contributed by atoms with Crippen molar-refractivity contribution in [2.75, 3.05) is 18.5 Å². The van der Waals surface area contributed by atoms with Crippen molar-refractivity contribution in [1.82, 2.24) is 4.98 Å². The highest BCUT2D eigenvalue weighted by molar-refractivity contribution is 7.23. The van der Waals surface area contributed by atoms with Crippen LogP contribution in [0.5, 0.6) is 5.88 Å². The van der Waals surface area contributed by atoms with Gasteiger partial charge in [0.15, 0.2) is 0 Å². The number of fused-ring (bicyclic) bond motifs is 4. The smallest absolute Gasteiger partial charge is 0.409 e. The van der Waals surface area contributed by atoms with Crippen molar-refractivity contribution in [3.8, 4) is 23.1 Å². The average molecular weight is 526 g/mol. The van der Waals surface area contributed by atoms with Crippen molar-refractivity contribution in [3.63, 3.8) is 0 Å². The van der Waals surface area contributed by atoms with Crippen LogP contribution in [0.2, 0.25) is 5.02 Å². The fourth-order valence-corrected chi connectivity index (χ4v) is 6.22. The van der Waals surface area contributed by atoms with Crippen LogP contribution in [0, 0.1) is 17.1 Å². The van der Waals surface area contributed by atoms with Crippen LogP contribution in [0.1, 0.15) is 23.1 Å². The molecule has 1 fully saturated rings. The Kier molecular flexibility index (Phi) is 5.65. The third kappa shape index (κ3) is 3.63. The number of hydrogen-bond donors (Lipinski definition) is 2. The number of halogens is 2. The second-order valence-corrected chi connectivity index (χ2v) is 9.83.